The predicted molar refractivity (Wildman–Crippen MR) is 81.6 cm³/mol. The molecule has 1 aliphatic heterocycles. The second-order valence-corrected chi connectivity index (χ2v) is 6.63. The van der Waals surface area contributed by atoms with Crippen LogP contribution in [0.4, 0.5) is 0 Å². The molecule has 2 atom stereocenters. The van der Waals surface area contributed by atoms with Crippen LogP contribution in [0.3, 0.4) is 0 Å². The van der Waals surface area contributed by atoms with E-state index < -0.39 is 0 Å². The van der Waals surface area contributed by atoms with Crippen molar-refractivity contribution in [2.45, 2.75) is 64.1 Å². The summed E-state index contributed by atoms with van der Waals surface area (Å²) in [6, 6.07) is 1.11. The summed E-state index contributed by atoms with van der Waals surface area (Å²) in [7, 11) is 0. The predicted octanol–water partition coefficient (Wildman–Crippen LogP) is 1.12. The topological polar surface area (TPSA) is 67.6 Å². The first-order valence-corrected chi connectivity index (χ1v) is 7.76. The van der Waals surface area contributed by atoms with E-state index in [1.807, 2.05) is 20.8 Å². The summed E-state index contributed by atoms with van der Waals surface area (Å²) in [5, 5.41) is 3.39. The Labute approximate surface area is 123 Å². The number of hydrogen-bond acceptors (Lipinski definition) is 5. The van der Waals surface area contributed by atoms with Gasteiger partial charge in [0, 0.05) is 38.3 Å². The van der Waals surface area contributed by atoms with Crippen LogP contribution in [-0.2, 0) is 9.53 Å². The van der Waals surface area contributed by atoms with Gasteiger partial charge >= 0.3 is 0 Å². The quantitative estimate of drug-likeness (QED) is 0.744. The largest absolute Gasteiger partial charge is 0.462 e. The zero-order chi connectivity index (χ0) is 15.0. The lowest BCUT2D eigenvalue weighted by molar-refractivity contribution is -0.138. The van der Waals surface area contributed by atoms with Crippen LogP contribution in [0.2, 0.25) is 0 Å². The number of hydrogen-bond donors (Lipinski definition) is 2. The van der Waals surface area contributed by atoms with Gasteiger partial charge in [-0.25, -0.2) is 0 Å². The van der Waals surface area contributed by atoms with Gasteiger partial charge in [-0.05, 0) is 33.6 Å². The molecule has 0 bridgehead atoms. The van der Waals surface area contributed by atoms with Crippen LogP contribution in [-0.4, -0.2) is 55.2 Å². The van der Waals surface area contributed by atoms with E-state index >= 15 is 0 Å². The molecule has 5 heteroatoms. The molecule has 0 radical (unpaired) electrons. The van der Waals surface area contributed by atoms with Gasteiger partial charge in [0.05, 0.1) is 0 Å². The Morgan fingerprint density at radius 2 is 1.80 bits per heavy atom. The standard InChI is InChI=1S/C10H21N3.C5H10O2/c11-9-3-1-2-4-10(9)13-7-5-12-6-8-13;1-5(2,3)7-4-6/h9-10,12H,1-8,11H2;4H,1-3H3. The van der Waals surface area contributed by atoms with Crippen molar-refractivity contribution in [3.05, 3.63) is 0 Å². The molecular formula is C15H31N3O2. The smallest absolute Gasteiger partial charge is 0.293 e. The summed E-state index contributed by atoms with van der Waals surface area (Å²) in [5.41, 5.74) is 5.83. The van der Waals surface area contributed by atoms with Crippen molar-refractivity contribution in [1.82, 2.24) is 10.2 Å². The van der Waals surface area contributed by atoms with Crippen LogP contribution in [0.1, 0.15) is 46.5 Å². The molecule has 1 saturated heterocycles. The maximum Gasteiger partial charge on any atom is 0.293 e. The summed E-state index contributed by atoms with van der Waals surface area (Å²) in [6.07, 6.45) is 5.27. The van der Waals surface area contributed by atoms with Crippen molar-refractivity contribution in [1.29, 1.82) is 0 Å². The average Bonchev–Trinajstić information content (AvgIpc) is 2.40. The lowest BCUT2D eigenvalue weighted by atomic mass is 9.89. The van der Waals surface area contributed by atoms with E-state index in [-0.39, 0.29) is 5.60 Å². The molecule has 118 valence electrons. The van der Waals surface area contributed by atoms with Crippen molar-refractivity contribution in [2.75, 3.05) is 26.2 Å². The van der Waals surface area contributed by atoms with Crippen LogP contribution in [0.5, 0.6) is 0 Å². The molecule has 1 aliphatic carbocycles. The highest BCUT2D eigenvalue weighted by molar-refractivity contribution is 5.37. The van der Waals surface area contributed by atoms with Crippen LogP contribution in [0.15, 0.2) is 0 Å². The second-order valence-electron chi connectivity index (χ2n) is 6.63. The minimum Gasteiger partial charge on any atom is -0.462 e. The third kappa shape index (κ3) is 6.68. The Hall–Kier alpha value is -0.650. The lowest BCUT2D eigenvalue weighted by Gasteiger charge is -2.40. The molecule has 0 aromatic carbocycles. The van der Waals surface area contributed by atoms with Gasteiger partial charge in [-0.3, -0.25) is 9.69 Å². The lowest BCUT2D eigenvalue weighted by Crippen LogP contribution is -2.55. The molecule has 2 unspecified atom stereocenters. The first kappa shape index (κ1) is 17.4. The average molecular weight is 285 g/mol. The van der Waals surface area contributed by atoms with Crippen molar-refractivity contribution < 1.29 is 9.53 Å². The maximum absolute atomic E-state index is 9.60. The fraction of sp³-hybridized carbons (Fsp3) is 0.933. The molecule has 5 nitrogen and oxygen atoms in total. The molecule has 3 N–H and O–H groups in total. The highest BCUT2D eigenvalue weighted by Crippen LogP contribution is 2.21. The minimum absolute atomic E-state index is 0.318. The molecule has 2 fully saturated rings. The number of carbonyl (C=O) groups excluding carboxylic acids is 1. The fourth-order valence-corrected chi connectivity index (χ4v) is 2.75. The minimum atomic E-state index is -0.318. The Kier molecular flexibility index (Phi) is 7.48. The SMILES string of the molecule is CC(C)(C)OC=O.NC1CCCCC1N1CCNCC1. The van der Waals surface area contributed by atoms with Gasteiger partial charge in [0.1, 0.15) is 5.60 Å². The molecule has 20 heavy (non-hydrogen) atoms. The number of piperazine rings is 1. The number of nitrogens with one attached hydrogen (secondary N) is 1. The number of nitrogens with zero attached hydrogens (tertiary/aromatic N) is 1. The van der Waals surface area contributed by atoms with Crippen molar-refractivity contribution >= 4 is 6.47 Å². The normalized spacial score (nSPS) is 28.2. The van der Waals surface area contributed by atoms with E-state index in [0.717, 1.165) is 13.1 Å². The summed E-state index contributed by atoms with van der Waals surface area (Å²) in [5.74, 6) is 0. The molecular weight excluding hydrogens is 254 g/mol. The fourth-order valence-electron chi connectivity index (χ4n) is 2.75. The van der Waals surface area contributed by atoms with Gasteiger partial charge in [-0.15, -0.1) is 0 Å². The second kappa shape index (κ2) is 8.60. The van der Waals surface area contributed by atoms with Gasteiger partial charge in [-0.1, -0.05) is 12.8 Å². The highest BCUT2D eigenvalue weighted by Gasteiger charge is 2.27. The number of nitrogens with two attached hydrogens (primary N) is 1. The molecule has 0 amide bonds. The highest BCUT2D eigenvalue weighted by atomic mass is 16.5. The molecule has 2 aliphatic rings. The third-order valence-corrected chi connectivity index (χ3v) is 3.80. The Balaban J connectivity index is 0.000000246. The number of carbonyl (C=O) groups is 1. The summed E-state index contributed by atoms with van der Waals surface area (Å²) in [4.78, 5) is 12.2. The van der Waals surface area contributed by atoms with Gasteiger partial charge in [0.25, 0.3) is 6.47 Å². The molecule has 1 heterocycles. The van der Waals surface area contributed by atoms with E-state index in [1.54, 1.807) is 0 Å². The van der Waals surface area contributed by atoms with Crippen molar-refractivity contribution in [3.8, 4) is 0 Å². The molecule has 0 aromatic heterocycles. The van der Waals surface area contributed by atoms with Crippen molar-refractivity contribution in [2.24, 2.45) is 5.73 Å². The molecule has 2 rings (SSSR count). The third-order valence-electron chi connectivity index (χ3n) is 3.80. The van der Waals surface area contributed by atoms with Crippen LogP contribution >= 0.6 is 0 Å². The maximum atomic E-state index is 9.60. The molecule has 1 saturated carbocycles. The molecule has 0 spiro atoms. The van der Waals surface area contributed by atoms with E-state index in [2.05, 4.69) is 15.0 Å². The number of rotatable bonds is 2. The van der Waals surface area contributed by atoms with Gasteiger partial charge in [0.2, 0.25) is 0 Å². The van der Waals surface area contributed by atoms with E-state index in [4.69, 9.17) is 5.73 Å². The van der Waals surface area contributed by atoms with Gasteiger partial charge in [0.15, 0.2) is 0 Å². The zero-order valence-corrected chi connectivity index (χ0v) is 13.2. The van der Waals surface area contributed by atoms with E-state index in [9.17, 15) is 4.79 Å². The van der Waals surface area contributed by atoms with Gasteiger partial charge < -0.3 is 15.8 Å². The Morgan fingerprint density at radius 1 is 1.20 bits per heavy atom. The van der Waals surface area contributed by atoms with Crippen LogP contribution in [0, 0.1) is 0 Å². The number of ether oxygens (including phenoxy) is 1. The first-order chi connectivity index (χ1) is 9.44. The molecule has 0 aromatic rings. The van der Waals surface area contributed by atoms with Gasteiger partial charge in [-0.2, -0.15) is 0 Å². The summed E-state index contributed by atoms with van der Waals surface area (Å²) >= 11 is 0. The monoisotopic (exact) mass is 285 g/mol. The van der Waals surface area contributed by atoms with E-state index in [0.29, 0.717) is 18.6 Å². The summed E-state index contributed by atoms with van der Waals surface area (Å²) in [6.45, 7) is 10.6. The Morgan fingerprint density at radius 3 is 2.25 bits per heavy atom. The van der Waals surface area contributed by atoms with E-state index in [1.165, 1.54) is 38.8 Å². The van der Waals surface area contributed by atoms with Crippen molar-refractivity contribution in [3.63, 3.8) is 0 Å². The zero-order valence-electron chi connectivity index (χ0n) is 13.2. The Bertz CT molecular complexity index is 273. The first-order valence-electron chi connectivity index (χ1n) is 7.76. The van der Waals surface area contributed by atoms with Crippen LogP contribution in [0.25, 0.3) is 0 Å². The van der Waals surface area contributed by atoms with Crippen LogP contribution < -0.4 is 11.1 Å². The summed E-state index contributed by atoms with van der Waals surface area (Å²) < 4.78 is 4.55.